The number of likely N-dealkylation sites (N-methyl/N-ethyl adjacent to an activating group) is 1. The molecule has 3 nitrogen and oxygen atoms in total. The summed E-state index contributed by atoms with van der Waals surface area (Å²) in [4.78, 5) is 2.19. The number of hydrogen-bond donors (Lipinski definition) is 2. The van der Waals surface area contributed by atoms with Gasteiger partial charge in [0.25, 0.3) is 0 Å². The van der Waals surface area contributed by atoms with Gasteiger partial charge in [0, 0.05) is 19.1 Å². The fourth-order valence-electron chi connectivity index (χ4n) is 2.48. The van der Waals surface area contributed by atoms with E-state index in [-0.39, 0.29) is 5.75 Å². The van der Waals surface area contributed by atoms with E-state index in [0.717, 1.165) is 18.7 Å². The average Bonchev–Trinajstić information content (AvgIpc) is 2.35. The van der Waals surface area contributed by atoms with Crippen LogP contribution in [0.15, 0.2) is 18.2 Å². The number of phenolic OH excluding ortho intramolecular Hbond substituents is 1. The van der Waals surface area contributed by atoms with Gasteiger partial charge in [0.15, 0.2) is 11.6 Å². The van der Waals surface area contributed by atoms with Crippen LogP contribution in [0.4, 0.5) is 4.39 Å². The number of hydrogen-bond acceptors (Lipinski definition) is 3. The Balaban J connectivity index is 1.85. The second-order valence-corrected chi connectivity index (χ2v) is 5.13. The van der Waals surface area contributed by atoms with E-state index in [4.69, 9.17) is 5.11 Å². The fourth-order valence-corrected chi connectivity index (χ4v) is 2.48. The third-order valence-corrected chi connectivity index (χ3v) is 3.41. The van der Waals surface area contributed by atoms with Crippen LogP contribution in [-0.2, 0) is 6.54 Å². The third kappa shape index (κ3) is 3.68. The van der Waals surface area contributed by atoms with E-state index in [9.17, 15) is 4.39 Å². The maximum Gasteiger partial charge on any atom is 0.165 e. The highest BCUT2D eigenvalue weighted by Crippen LogP contribution is 2.17. The van der Waals surface area contributed by atoms with Crippen molar-refractivity contribution in [2.45, 2.75) is 31.8 Å². The zero-order chi connectivity index (χ0) is 13.0. The number of phenols is 1. The minimum atomic E-state index is -0.545. The number of nitrogens with one attached hydrogen (secondary N) is 1. The Morgan fingerprint density at radius 3 is 2.94 bits per heavy atom. The highest BCUT2D eigenvalue weighted by molar-refractivity contribution is 5.27. The summed E-state index contributed by atoms with van der Waals surface area (Å²) in [6, 6.07) is 5.13. The molecule has 1 atom stereocenters. The molecule has 1 aliphatic heterocycles. The highest BCUT2D eigenvalue weighted by Gasteiger charge is 2.14. The molecule has 0 aliphatic carbocycles. The van der Waals surface area contributed by atoms with Crippen molar-refractivity contribution < 1.29 is 9.50 Å². The Bertz CT molecular complexity index is 391. The van der Waals surface area contributed by atoms with E-state index in [2.05, 4.69) is 10.2 Å². The molecule has 1 aromatic carbocycles. The van der Waals surface area contributed by atoms with Crippen LogP contribution < -0.4 is 5.32 Å². The largest absolute Gasteiger partial charge is 0.505 e. The van der Waals surface area contributed by atoms with Gasteiger partial charge in [-0.25, -0.2) is 4.39 Å². The Morgan fingerprint density at radius 1 is 1.44 bits per heavy atom. The Labute approximate surface area is 108 Å². The van der Waals surface area contributed by atoms with Crippen molar-refractivity contribution in [3.63, 3.8) is 0 Å². The molecular formula is C14H21FN2O. The Kier molecular flexibility index (Phi) is 4.55. The molecule has 18 heavy (non-hydrogen) atoms. The van der Waals surface area contributed by atoms with Gasteiger partial charge in [0.1, 0.15) is 0 Å². The summed E-state index contributed by atoms with van der Waals surface area (Å²) in [6.07, 6.45) is 3.77. The molecule has 0 spiro atoms. The number of nitrogens with zero attached hydrogens (tertiary/aromatic N) is 1. The van der Waals surface area contributed by atoms with E-state index >= 15 is 0 Å². The number of piperidine rings is 1. The number of aromatic hydroxyl groups is 1. The first kappa shape index (κ1) is 13.3. The Hall–Kier alpha value is -1.13. The van der Waals surface area contributed by atoms with Crippen molar-refractivity contribution in [3.05, 3.63) is 29.6 Å². The lowest BCUT2D eigenvalue weighted by molar-refractivity contribution is 0.256. The lowest BCUT2D eigenvalue weighted by Crippen LogP contribution is -2.42. The van der Waals surface area contributed by atoms with Gasteiger partial charge < -0.3 is 15.3 Å². The lowest BCUT2D eigenvalue weighted by Gasteiger charge is -2.28. The molecule has 100 valence electrons. The summed E-state index contributed by atoms with van der Waals surface area (Å²) in [5.74, 6) is -0.827. The van der Waals surface area contributed by atoms with Crippen LogP contribution in [-0.4, -0.2) is 36.2 Å². The fraction of sp³-hybridized carbons (Fsp3) is 0.571. The molecule has 4 heteroatoms. The standard InChI is InChI=1S/C14H21FN2O/c1-17(10-12-4-2-3-7-16-12)9-11-5-6-14(18)13(15)8-11/h5-6,8,12,16,18H,2-4,7,9-10H2,1H3. The first-order valence-corrected chi connectivity index (χ1v) is 6.54. The first-order chi connectivity index (χ1) is 8.65. The topological polar surface area (TPSA) is 35.5 Å². The van der Waals surface area contributed by atoms with Crippen LogP contribution >= 0.6 is 0 Å². The summed E-state index contributed by atoms with van der Waals surface area (Å²) < 4.78 is 13.2. The van der Waals surface area contributed by atoms with Crippen LogP contribution in [0.5, 0.6) is 5.75 Å². The molecule has 2 N–H and O–H groups in total. The molecule has 1 saturated heterocycles. The molecule has 1 unspecified atom stereocenters. The average molecular weight is 252 g/mol. The maximum atomic E-state index is 13.2. The van der Waals surface area contributed by atoms with E-state index in [1.165, 1.54) is 31.4 Å². The van der Waals surface area contributed by atoms with Crippen molar-refractivity contribution >= 4 is 0 Å². The van der Waals surface area contributed by atoms with Crippen LogP contribution in [0.25, 0.3) is 0 Å². The number of rotatable bonds is 4. The minimum absolute atomic E-state index is 0.282. The SMILES string of the molecule is CN(Cc1ccc(O)c(F)c1)CC1CCCCN1. The predicted octanol–water partition coefficient (Wildman–Crippen LogP) is 2.11. The van der Waals surface area contributed by atoms with Crippen molar-refractivity contribution in [2.24, 2.45) is 0 Å². The maximum absolute atomic E-state index is 13.2. The molecular weight excluding hydrogens is 231 g/mol. The van der Waals surface area contributed by atoms with Crippen molar-refractivity contribution in [3.8, 4) is 5.75 Å². The van der Waals surface area contributed by atoms with Crippen LogP contribution in [0.3, 0.4) is 0 Å². The molecule has 0 bridgehead atoms. The second-order valence-electron chi connectivity index (χ2n) is 5.13. The molecule has 1 fully saturated rings. The summed E-state index contributed by atoms with van der Waals surface area (Å²) in [5, 5.41) is 12.6. The van der Waals surface area contributed by atoms with Crippen LogP contribution in [0.2, 0.25) is 0 Å². The van der Waals surface area contributed by atoms with Crippen molar-refractivity contribution in [2.75, 3.05) is 20.1 Å². The summed E-state index contributed by atoms with van der Waals surface area (Å²) in [6.45, 7) is 2.78. The van der Waals surface area contributed by atoms with Gasteiger partial charge in [-0.3, -0.25) is 0 Å². The molecule has 0 saturated carbocycles. The van der Waals surface area contributed by atoms with Gasteiger partial charge in [-0.05, 0) is 44.1 Å². The molecule has 0 aromatic heterocycles. The molecule has 2 rings (SSSR count). The molecule has 0 radical (unpaired) electrons. The summed E-state index contributed by atoms with van der Waals surface area (Å²) in [7, 11) is 2.04. The molecule has 1 heterocycles. The van der Waals surface area contributed by atoms with Gasteiger partial charge in [0.05, 0.1) is 0 Å². The van der Waals surface area contributed by atoms with Gasteiger partial charge in [-0.2, -0.15) is 0 Å². The normalized spacial score (nSPS) is 20.3. The van der Waals surface area contributed by atoms with Gasteiger partial charge in [0.2, 0.25) is 0 Å². The molecule has 0 amide bonds. The smallest absolute Gasteiger partial charge is 0.165 e. The number of halogens is 1. The first-order valence-electron chi connectivity index (χ1n) is 6.54. The summed E-state index contributed by atoms with van der Waals surface area (Å²) >= 11 is 0. The Morgan fingerprint density at radius 2 is 2.28 bits per heavy atom. The quantitative estimate of drug-likeness (QED) is 0.861. The number of benzene rings is 1. The van der Waals surface area contributed by atoms with E-state index in [0.29, 0.717) is 12.6 Å². The zero-order valence-corrected chi connectivity index (χ0v) is 10.8. The van der Waals surface area contributed by atoms with E-state index in [1.807, 2.05) is 7.05 Å². The highest BCUT2D eigenvalue weighted by atomic mass is 19.1. The van der Waals surface area contributed by atoms with Crippen molar-refractivity contribution in [1.82, 2.24) is 10.2 Å². The van der Waals surface area contributed by atoms with E-state index < -0.39 is 5.82 Å². The van der Waals surface area contributed by atoms with Gasteiger partial charge in [-0.1, -0.05) is 12.5 Å². The minimum Gasteiger partial charge on any atom is -0.505 e. The molecule has 1 aromatic rings. The second kappa shape index (κ2) is 6.16. The van der Waals surface area contributed by atoms with Crippen LogP contribution in [0, 0.1) is 5.82 Å². The van der Waals surface area contributed by atoms with E-state index in [1.54, 1.807) is 6.07 Å². The third-order valence-electron chi connectivity index (χ3n) is 3.41. The lowest BCUT2D eigenvalue weighted by atomic mass is 10.0. The van der Waals surface area contributed by atoms with Gasteiger partial charge in [-0.15, -0.1) is 0 Å². The zero-order valence-electron chi connectivity index (χ0n) is 10.8. The monoisotopic (exact) mass is 252 g/mol. The van der Waals surface area contributed by atoms with Crippen molar-refractivity contribution in [1.29, 1.82) is 0 Å². The van der Waals surface area contributed by atoms with Crippen LogP contribution in [0.1, 0.15) is 24.8 Å². The summed E-state index contributed by atoms with van der Waals surface area (Å²) in [5.41, 5.74) is 0.892. The van der Waals surface area contributed by atoms with Gasteiger partial charge >= 0.3 is 0 Å². The predicted molar refractivity (Wildman–Crippen MR) is 70.0 cm³/mol. The molecule has 1 aliphatic rings.